The Bertz CT molecular complexity index is 775. The monoisotopic (exact) mass is 324 g/mol. The molecule has 116 valence electrons. The zero-order chi connectivity index (χ0) is 15.5. The minimum absolute atomic E-state index is 0.282. The van der Waals surface area contributed by atoms with E-state index in [0.717, 1.165) is 5.70 Å². The van der Waals surface area contributed by atoms with Gasteiger partial charge in [-0.25, -0.2) is 15.0 Å². The van der Waals surface area contributed by atoms with Crippen molar-refractivity contribution >= 4 is 28.5 Å². The van der Waals surface area contributed by atoms with Gasteiger partial charge >= 0.3 is 0 Å². The predicted octanol–water partition coefficient (Wildman–Crippen LogP) is 2.44. The fourth-order valence-electron chi connectivity index (χ4n) is 3.08. The van der Waals surface area contributed by atoms with E-state index in [1.807, 2.05) is 19.9 Å². The number of alkyl halides is 1. The first-order chi connectivity index (χ1) is 10.5. The molecule has 0 unspecified atom stereocenters. The quantitative estimate of drug-likeness (QED) is 0.794. The molecule has 8 heteroatoms. The number of ether oxygens (including phenoxy) is 2. The Balaban J connectivity index is 1.82. The summed E-state index contributed by atoms with van der Waals surface area (Å²) in [5, 5.41) is 0.282. The third kappa shape index (κ3) is 1.96. The number of halogens is 2. The third-order valence-corrected chi connectivity index (χ3v) is 4.25. The topological polar surface area (TPSA) is 62.1 Å². The van der Waals surface area contributed by atoms with Gasteiger partial charge in [-0.1, -0.05) is 17.7 Å². The van der Waals surface area contributed by atoms with Crippen LogP contribution in [0.1, 0.15) is 13.8 Å². The number of imidazole rings is 1. The van der Waals surface area contributed by atoms with E-state index < -0.39 is 12.5 Å². The van der Waals surface area contributed by atoms with E-state index in [4.69, 9.17) is 21.1 Å². The second-order valence-electron chi connectivity index (χ2n) is 5.88. The molecule has 1 aliphatic carbocycles. The van der Waals surface area contributed by atoms with E-state index in [-0.39, 0.29) is 23.3 Å². The summed E-state index contributed by atoms with van der Waals surface area (Å²) in [5.74, 6) is -1.10. The van der Waals surface area contributed by atoms with Gasteiger partial charge in [0.15, 0.2) is 16.6 Å². The molecule has 22 heavy (non-hydrogen) atoms. The van der Waals surface area contributed by atoms with Crippen LogP contribution in [0.2, 0.25) is 5.15 Å². The zero-order valence-electron chi connectivity index (χ0n) is 12.0. The van der Waals surface area contributed by atoms with Crippen molar-refractivity contribution in [2.24, 2.45) is 5.92 Å². The lowest BCUT2D eigenvalue weighted by Gasteiger charge is -2.19. The second-order valence-corrected chi connectivity index (χ2v) is 6.24. The summed E-state index contributed by atoms with van der Waals surface area (Å²) in [6, 6.07) is 0. The summed E-state index contributed by atoms with van der Waals surface area (Å²) in [7, 11) is 0. The number of rotatable bonds is 2. The van der Waals surface area contributed by atoms with Crippen LogP contribution in [-0.2, 0) is 9.47 Å². The first kappa shape index (κ1) is 14.0. The zero-order valence-corrected chi connectivity index (χ0v) is 12.8. The fourth-order valence-corrected chi connectivity index (χ4v) is 3.26. The SMILES string of the molecule is CC1(C)O[C@@H]2[C@@H](CF)C=C(n3cnc4c(Cl)ncnc43)[C@@H]2O1. The van der Waals surface area contributed by atoms with Gasteiger partial charge in [-0.15, -0.1) is 0 Å². The lowest BCUT2D eigenvalue weighted by Crippen LogP contribution is -2.27. The summed E-state index contributed by atoms with van der Waals surface area (Å²) in [6.07, 6.45) is 4.09. The van der Waals surface area contributed by atoms with Crippen LogP contribution in [0.15, 0.2) is 18.7 Å². The highest BCUT2D eigenvalue weighted by atomic mass is 35.5. The highest BCUT2D eigenvalue weighted by Crippen LogP contribution is 2.43. The van der Waals surface area contributed by atoms with Crippen LogP contribution < -0.4 is 0 Å². The molecule has 2 aromatic rings. The van der Waals surface area contributed by atoms with Crippen molar-refractivity contribution in [3.05, 3.63) is 23.9 Å². The first-order valence-corrected chi connectivity index (χ1v) is 7.35. The molecular weight excluding hydrogens is 311 g/mol. The number of fused-ring (bicyclic) bond motifs is 2. The molecule has 0 saturated carbocycles. The molecule has 2 aromatic heterocycles. The number of aromatic nitrogens is 4. The van der Waals surface area contributed by atoms with Crippen LogP contribution >= 0.6 is 11.6 Å². The van der Waals surface area contributed by atoms with Crippen molar-refractivity contribution < 1.29 is 13.9 Å². The van der Waals surface area contributed by atoms with Crippen LogP contribution in [0.4, 0.5) is 4.39 Å². The first-order valence-electron chi connectivity index (χ1n) is 6.97. The van der Waals surface area contributed by atoms with Gasteiger partial charge in [-0.3, -0.25) is 8.96 Å². The van der Waals surface area contributed by atoms with Crippen LogP contribution in [0.3, 0.4) is 0 Å². The van der Waals surface area contributed by atoms with Gasteiger partial charge in [0.2, 0.25) is 0 Å². The lowest BCUT2D eigenvalue weighted by molar-refractivity contribution is -0.147. The van der Waals surface area contributed by atoms with Crippen molar-refractivity contribution in [2.75, 3.05) is 6.67 Å². The van der Waals surface area contributed by atoms with Gasteiger partial charge in [0.25, 0.3) is 0 Å². The third-order valence-electron chi connectivity index (χ3n) is 3.97. The molecule has 1 fully saturated rings. The summed E-state index contributed by atoms with van der Waals surface area (Å²) in [6.45, 7) is 3.14. The van der Waals surface area contributed by atoms with Gasteiger partial charge in [0, 0.05) is 5.92 Å². The molecule has 1 aliphatic heterocycles. The van der Waals surface area contributed by atoms with Crippen molar-refractivity contribution in [2.45, 2.75) is 31.8 Å². The Morgan fingerprint density at radius 2 is 2.14 bits per heavy atom. The van der Waals surface area contributed by atoms with Gasteiger partial charge < -0.3 is 9.47 Å². The standard InChI is InChI=1S/C14H14ClFN4O2/c1-14(2)21-10-7(4-16)3-8(11(10)22-14)20-6-19-9-12(15)17-5-18-13(9)20/h3,5-7,10-11H,4H2,1-2H3/t7-,10-,11+/m1/s1. The van der Waals surface area contributed by atoms with Crippen LogP contribution in [-0.4, -0.2) is 44.2 Å². The second kappa shape index (κ2) is 4.71. The van der Waals surface area contributed by atoms with E-state index in [0.29, 0.717) is 11.2 Å². The predicted molar refractivity (Wildman–Crippen MR) is 77.9 cm³/mol. The molecule has 0 aromatic carbocycles. The van der Waals surface area contributed by atoms with Gasteiger partial charge in [0.05, 0.1) is 12.4 Å². The number of hydrogen-bond acceptors (Lipinski definition) is 5. The maximum absolute atomic E-state index is 13.3. The summed E-state index contributed by atoms with van der Waals surface area (Å²) in [4.78, 5) is 12.4. The van der Waals surface area contributed by atoms with Crippen molar-refractivity contribution in [1.29, 1.82) is 0 Å². The molecule has 0 amide bonds. The Labute approximate surface area is 130 Å². The number of hydrogen-bond donors (Lipinski definition) is 0. The molecule has 2 aliphatic rings. The summed E-state index contributed by atoms with van der Waals surface area (Å²) < 4.78 is 26.9. The highest BCUT2D eigenvalue weighted by Gasteiger charge is 2.50. The number of nitrogens with zero attached hydrogens (tertiary/aromatic N) is 4. The van der Waals surface area contributed by atoms with E-state index in [9.17, 15) is 4.39 Å². The minimum Gasteiger partial charge on any atom is -0.343 e. The molecule has 0 spiro atoms. The van der Waals surface area contributed by atoms with Crippen LogP contribution in [0, 0.1) is 5.92 Å². The van der Waals surface area contributed by atoms with Crippen LogP contribution in [0.5, 0.6) is 0 Å². The highest BCUT2D eigenvalue weighted by molar-refractivity contribution is 6.33. The van der Waals surface area contributed by atoms with E-state index in [2.05, 4.69) is 15.0 Å². The maximum atomic E-state index is 13.3. The molecule has 0 N–H and O–H groups in total. The Morgan fingerprint density at radius 1 is 1.32 bits per heavy atom. The van der Waals surface area contributed by atoms with Crippen LogP contribution in [0.25, 0.3) is 16.9 Å². The van der Waals surface area contributed by atoms with Gasteiger partial charge in [0.1, 0.15) is 30.4 Å². The van der Waals surface area contributed by atoms with Gasteiger partial charge in [-0.05, 0) is 13.8 Å². The Morgan fingerprint density at radius 3 is 2.91 bits per heavy atom. The Kier molecular flexibility index (Phi) is 3.01. The molecule has 1 saturated heterocycles. The van der Waals surface area contributed by atoms with E-state index >= 15 is 0 Å². The molecule has 3 heterocycles. The molecule has 0 radical (unpaired) electrons. The van der Waals surface area contributed by atoms with Crippen molar-refractivity contribution in [3.8, 4) is 0 Å². The molecule has 6 nitrogen and oxygen atoms in total. The summed E-state index contributed by atoms with van der Waals surface area (Å²) >= 11 is 6.03. The molecule has 4 rings (SSSR count). The van der Waals surface area contributed by atoms with Crippen molar-refractivity contribution in [3.63, 3.8) is 0 Å². The molecule has 3 atom stereocenters. The fraction of sp³-hybridized carbons (Fsp3) is 0.500. The largest absolute Gasteiger partial charge is 0.343 e. The smallest absolute Gasteiger partial charge is 0.169 e. The molecular formula is C14H14ClFN4O2. The maximum Gasteiger partial charge on any atom is 0.169 e. The average Bonchev–Trinajstić information content (AvgIpc) is 3.10. The molecule has 0 bridgehead atoms. The van der Waals surface area contributed by atoms with Crippen molar-refractivity contribution in [1.82, 2.24) is 19.5 Å². The lowest BCUT2D eigenvalue weighted by atomic mass is 10.1. The van der Waals surface area contributed by atoms with E-state index in [1.165, 1.54) is 6.33 Å². The Hall–Kier alpha value is -1.57. The summed E-state index contributed by atoms with van der Waals surface area (Å²) in [5.41, 5.74) is 1.84. The average molecular weight is 325 g/mol. The van der Waals surface area contributed by atoms with Gasteiger partial charge in [-0.2, -0.15) is 0 Å². The minimum atomic E-state index is -0.745. The normalized spacial score (nSPS) is 29.8. The van der Waals surface area contributed by atoms with E-state index in [1.54, 1.807) is 10.9 Å².